The molecule has 4 N–H and O–H groups in total. The number of aromatic amines is 1. The normalized spacial score (nSPS) is 22.9. The number of hydrogen-bond donors (Lipinski definition) is 3. The highest BCUT2D eigenvalue weighted by molar-refractivity contribution is 6.02. The van der Waals surface area contributed by atoms with Gasteiger partial charge in [-0.15, -0.1) is 12.4 Å². The van der Waals surface area contributed by atoms with Crippen LogP contribution < -0.4 is 11.1 Å². The van der Waals surface area contributed by atoms with Gasteiger partial charge >= 0.3 is 0 Å². The largest absolute Gasteiger partial charge is 0.382 e. The first-order chi connectivity index (χ1) is 13.7. The number of halogens is 1. The van der Waals surface area contributed by atoms with Crippen molar-refractivity contribution in [3.8, 4) is 11.1 Å². The number of likely N-dealkylation sites (tertiary alicyclic amines) is 1. The van der Waals surface area contributed by atoms with Gasteiger partial charge in [-0.1, -0.05) is 60.7 Å². The third-order valence-electron chi connectivity index (χ3n) is 6.04. The summed E-state index contributed by atoms with van der Waals surface area (Å²) >= 11 is 0. The third-order valence-corrected chi connectivity index (χ3v) is 6.04. The molecule has 0 aliphatic carbocycles. The molecule has 2 fully saturated rings. The van der Waals surface area contributed by atoms with Crippen molar-refractivity contribution < 1.29 is 4.79 Å². The number of hydrogen-bond acceptors (Lipinski definition) is 4. The van der Waals surface area contributed by atoms with Gasteiger partial charge in [0.2, 0.25) is 0 Å². The first-order valence-electron chi connectivity index (χ1n) is 9.70. The second-order valence-corrected chi connectivity index (χ2v) is 7.62. The molecule has 0 radical (unpaired) electrons. The van der Waals surface area contributed by atoms with Crippen LogP contribution in [0.5, 0.6) is 0 Å². The number of carbonyl (C=O) groups is 1. The van der Waals surface area contributed by atoms with Gasteiger partial charge in [-0.2, -0.15) is 5.10 Å². The summed E-state index contributed by atoms with van der Waals surface area (Å²) in [5.74, 6) is 1.21. The average molecular weight is 410 g/mol. The highest BCUT2D eigenvalue weighted by Gasteiger charge is 2.47. The van der Waals surface area contributed by atoms with Crippen LogP contribution >= 0.6 is 12.4 Å². The molecule has 2 aromatic carbocycles. The highest BCUT2D eigenvalue weighted by atomic mass is 35.5. The summed E-state index contributed by atoms with van der Waals surface area (Å²) in [6.45, 7) is 2.63. The monoisotopic (exact) mass is 409 g/mol. The van der Waals surface area contributed by atoms with Crippen molar-refractivity contribution in [2.24, 2.45) is 11.8 Å². The van der Waals surface area contributed by atoms with Crippen molar-refractivity contribution in [3.05, 3.63) is 71.9 Å². The van der Waals surface area contributed by atoms with Gasteiger partial charge in [-0.05, 0) is 17.0 Å². The Balaban J connectivity index is 0.00000205. The Morgan fingerprint density at radius 1 is 1.03 bits per heavy atom. The lowest BCUT2D eigenvalue weighted by atomic mass is 9.89. The van der Waals surface area contributed by atoms with E-state index in [2.05, 4.69) is 27.6 Å². The van der Waals surface area contributed by atoms with Crippen LogP contribution in [0.4, 0.5) is 5.82 Å². The minimum absolute atomic E-state index is 0. The standard InChI is InChI=1S/C22H23N5O.ClH/c23-21-18(14-7-3-1-4-8-14)19(25-26-21)22(28)27-13-16-11-24-12-17(16)20(27)15-9-5-2-6-10-15;/h1-10,16-17,20,24H,11-13H2,(H3,23,25,26);1H/t16-,17-,20-;/m0./s1. The van der Waals surface area contributed by atoms with Gasteiger partial charge in [0.1, 0.15) is 5.69 Å². The second-order valence-electron chi connectivity index (χ2n) is 7.62. The average Bonchev–Trinajstić information content (AvgIpc) is 3.43. The molecule has 1 amide bonds. The number of aromatic nitrogens is 2. The molecule has 5 rings (SSSR count). The van der Waals surface area contributed by atoms with Gasteiger partial charge < -0.3 is 16.0 Å². The summed E-state index contributed by atoms with van der Waals surface area (Å²) in [7, 11) is 0. The molecule has 0 spiro atoms. The molecular weight excluding hydrogens is 386 g/mol. The molecule has 1 aromatic heterocycles. The first kappa shape index (κ1) is 19.5. The highest BCUT2D eigenvalue weighted by Crippen LogP contribution is 2.44. The maximum atomic E-state index is 13.6. The fourth-order valence-corrected chi connectivity index (χ4v) is 4.76. The van der Waals surface area contributed by atoms with Crippen molar-refractivity contribution in [1.82, 2.24) is 20.4 Å². The van der Waals surface area contributed by atoms with Crippen LogP contribution in [0.2, 0.25) is 0 Å². The summed E-state index contributed by atoms with van der Waals surface area (Å²) in [5.41, 5.74) is 9.36. The molecule has 29 heavy (non-hydrogen) atoms. The van der Waals surface area contributed by atoms with Crippen molar-refractivity contribution >= 4 is 24.1 Å². The number of carbonyl (C=O) groups excluding carboxylic acids is 1. The van der Waals surface area contributed by atoms with E-state index in [0.717, 1.165) is 25.2 Å². The zero-order chi connectivity index (χ0) is 19.1. The van der Waals surface area contributed by atoms with Crippen molar-refractivity contribution in [2.75, 3.05) is 25.4 Å². The van der Waals surface area contributed by atoms with Crippen LogP contribution in [-0.2, 0) is 0 Å². The van der Waals surface area contributed by atoms with Gasteiger partial charge in [0.25, 0.3) is 5.91 Å². The third kappa shape index (κ3) is 3.28. The lowest BCUT2D eigenvalue weighted by Gasteiger charge is -2.28. The van der Waals surface area contributed by atoms with Crippen molar-refractivity contribution in [1.29, 1.82) is 0 Å². The zero-order valence-corrected chi connectivity index (χ0v) is 16.7. The van der Waals surface area contributed by atoms with Crippen LogP contribution in [0.3, 0.4) is 0 Å². The number of amides is 1. The molecule has 3 atom stereocenters. The second kappa shape index (κ2) is 7.89. The molecule has 3 aromatic rings. The summed E-state index contributed by atoms with van der Waals surface area (Å²) in [4.78, 5) is 15.7. The van der Waals surface area contributed by atoms with Gasteiger partial charge in [0, 0.05) is 25.6 Å². The van der Waals surface area contributed by atoms with E-state index in [1.54, 1.807) is 0 Å². The number of H-pyrrole nitrogens is 1. The Morgan fingerprint density at radius 2 is 1.72 bits per heavy atom. The molecule has 7 heteroatoms. The van der Waals surface area contributed by atoms with E-state index in [0.29, 0.717) is 28.9 Å². The van der Waals surface area contributed by atoms with E-state index in [9.17, 15) is 4.79 Å². The Morgan fingerprint density at radius 3 is 2.45 bits per heavy atom. The van der Waals surface area contributed by atoms with Crippen LogP contribution in [-0.4, -0.2) is 40.6 Å². The summed E-state index contributed by atoms with van der Waals surface area (Å²) in [5, 5.41) is 10.5. The van der Waals surface area contributed by atoms with Crippen molar-refractivity contribution in [2.45, 2.75) is 6.04 Å². The molecule has 2 aliphatic rings. The minimum Gasteiger partial charge on any atom is -0.382 e. The van der Waals surface area contributed by atoms with Gasteiger partial charge in [-0.3, -0.25) is 9.89 Å². The van der Waals surface area contributed by atoms with Crippen LogP contribution in [0.25, 0.3) is 11.1 Å². The van der Waals surface area contributed by atoms with E-state index in [1.807, 2.05) is 53.4 Å². The number of nitrogens with two attached hydrogens (primary N) is 1. The van der Waals surface area contributed by atoms with Crippen LogP contribution in [0.1, 0.15) is 22.1 Å². The Bertz CT molecular complexity index is 991. The summed E-state index contributed by atoms with van der Waals surface area (Å²) in [6, 6.07) is 20.1. The minimum atomic E-state index is -0.0358. The quantitative estimate of drug-likeness (QED) is 0.620. The predicted molar refractivity (Wildman–Crippen MR) is 116 cm³/mol. The molecule has 6 nitrogen and oxygen atoms in total. The number of nitrogens with one attached hydrogen (secondary N) is 2. The number of benzene rings is 2. The van der Waals surface area contributed by atoms with E-state index in [1.165, 1.54) is 5.56 Å². The molecule has 0 unspecified atom stereocenters. The van der Waals surface area contributed by atoms with Gasteiger partial charge in [0.05, 0.1) is 11.6 Å². The van der Waals surface area contributed by atoms with Gasteiger partial charge in [0.15, 0.2) is 5.82 Å². The summed E-state index contributed by atoms with van der Waals surface area (Å²) in [6.07, 6.45) is 0. The molecule has 3 heterocycles. The smallest absolute Gasteiger partial charge is 0.273 e. The zero-order valence-electron chi connectivity index (χ0n) is 15.9. The van der Waals surface area contributed by atoms with E-state index < -0.39 is 0 Å². The number of nitrogen functional groups attached to an aromatic ring is 1. The maximum absolute atomic E-state index is 13.6. The van der Waals surface area contributed by atoms with Crippen LogP contribution in [0, 0.1) is 11.8 Å². The molecule has 0 saturated carbocycles. The first-order valence-corrected chi connectivity index (χ1v) is 9.70. The number of fused-ring (bicyclic) bond motifs is 1. The molecule has 2 saturated heterocycles. The predicted octanol–water partition coefficient (Wildman–Crippen LogP) is 3.11. The van der Waals surface area contributed by atoms with Crippen molar-refractivity contribution in [3.63, 3.8) is 0 Å². The van der Waals surface area contributed by atoms with Gasteiger partial charge in [-0.25, -0.2) is 0 Å². The van der Waals surface area contributed by atoms with E-state index in [4.69, 9.17) is 5.73 Å². The maximum Gasteiger partial charge on any atom is 0.273 e. The molecule has 150 valence electrons. The fraction of sp³-hybridized carbons (Fsp3) is 0.273. The fourth-order valence-electron chi connectivity index (χ4n) is 4.76. The Labute approximate surface area is 175 Å². The molecule has 0 bridgehead atoms. The Kier molecular flexibility index (Phi) is 5.30. The number of anilines is 1. The number of nitrogens with zero attached hydrogens (tertiary/aromatic N) is 2. The SMILES string of the molecule is Cl.Nc1n[nH]c(C(=O)N2C[C@@H]3CNC[C@@H]3[C@@H]2c2ccccc2)c1-c1ccccc1. The lowest BCUT2D eigenvalue weighted by Crippen LogP contribution is -2.35. The lowest BCUT2D eigenvalue weighted by molar-refractivity contribution is 0.0709. The molecule has 2 aliphatic heterocycles. The topological polar surface area (TPSA) is 87.0 Å². The Hall–Kier alpha value is -2.83. The van der Waals surface area contributed by atoms with E-state index >= 15 is 0 Å². The van der Waals surface area contributed by atoms with Crippen LogP contribution in [0.15, 0.2) is 60.7 Å². The van der Waals surface area contributed by atoms with E-state index in [-0.39, 0.29) is 24.4 Å². The number of rotatable bonds is 3. The summed E-state index contributed by atoms with van der Waals surface area (Å²) < 4.78 is 0. The molecular formula is C22H24ClN5O.